The van der Waals surface area contributed by atoms with Crippen molar-refractivity contribution in [3.63, 3.8) is 0 Å². The molecule has 2 rings (SSSR count). The zero-order chi connectivity index (χ0) is 14.5. The maximum absolute atomic E-state index is 5.82. The van der Waals surface area contributed by atoms with Gasteiger partial charge in [-0.1, -0.05) is 29.8 Å². The molecule has 0 aliphatic heterocycles. The largest absolute Gasteiger partial charge is 0.465 e. The van der Waals surface area contributed by atoms with Gasteiger partial charge < -0.3 is 9.73 Å². The number of aryl methyl sites for hydroxylation is 2. The van der Waals surface area contributed by atoms with E-state index in [2.05, 4.69) is 54.5 Å². The summed E-state index contributed by atoms with van der Waals surface area (Å²) in [6, 6.07) is 10.8. The van der Waals surface area contributed by atoms with Gasteiger partial charge >= 0.3 is 0 Å². The van der Waals surface area contributed by atoms with E-state index in [0.29, 0.717) is 0 Å². The van der Waals surface area contributed by atoms with Gasteiger partial charge in [0.15, 0.2) is 0 Å². The number of hydrogen-bond donors (Lipinski definition) is 1. The summed E-state index contributed by atoms with van der Waals surface area (Å²) in [4.78, 5) is 2.27. The first-order valence-electron chi connectivity index (χ1n) is 7.05. The molecule has 108 valence electrons. The Labute approximate surface area is 121 Å². The van der Waals surface area contributed by atoms with Gasteiger partial charge in [0.1, 0.15) is 11.5 Å². The highest BCUT2D eigenvalue weighted by molar-refractivity contribution is 5.23. The van der Waals surface area contributed by atoms with Crippen LogP contribution in [0.2, 0.25) is 0 Å². The molecule has 1 aromatic carbocycles. The molecule has 3 heteroatoms. The van der Waals surface area contributed by atoms with Gasteiger partial charge in [-0.3, -0.25) is 4.90 Å². The molecule has 0 spiro atoms. The Morgan fingerprint density at radius 2 is 1.95 bits per heavy atom. The summed E-state index contributed by atoms with van der Waals surface area (Å²) in [5.74, 6) is 2.04. The van der Waals surface area contributed by atoms with Gasteiger partial charge in [0, 0.05) is 18.7 Å². The molecule has 0 unspecified atom stereocenters. The summed E-state index contributed by atoms with van der Waals surface area (Å²) in [5.41, 5.74) is 3.89. The van der Waals surface area contributed by atoms with Crippen LogP contribution in [0.1, 0.15) is 28.2 Å². The fraction of sp³-hybridized carbons (Fsp3) is 0.412. The second-order valence-electron chi connectivity index (χ2n) is 5.49. The third kappa shape index (κ3) is 3.95. The van der Waals surface area contributed by atoms with E-state index in [1.165, 1.54) is 16.7 Å². The molecule has 0 radical (unpaired) electrons. The Morgan fingerprint density at radius 3 is 2.65 bits per heavy atom. The molecule has 0 saturated carbocycles. The average molecular weight is 272 g/mol. The maximum atomic E-state index is 5.82. The molecule has 0 aliphatic rings. The van der Waals surface area contributed by atoms with E-state index in [-0.39, 0.29) is 0 Å². The molecular weight excluding hydrogens is 248 g/mol. The standard InChI is InChI=1S/C17H24N2O/c1-13-6-5-7-15(8-13)11-19(4)12-17-9-16(10-18-3)14(2)20-17/h5-9,18H,10-12H2,1-4H3. The number of nitrogens with zero attached hydrogens (tertiary/aromatic N) is 1. The van der Waals surface area contributed by atoms with Crippen molar-refractivity contribution in [1.82, 2.24) is 10.2 Å². The lowest BCUT2D eigenvalue weighted by Gasteiger charge is -2.15. The number of nitrogens with one attached hydrogen (secondary N) is 1. The third-order valence-electron chi connectivity index (χ3n) is 3.40. The van der Waals surface area contributed by atoms with Crippen LogP contribution in [0, 0.1) is 13.8 Å². The SMILES string of the molecule is CNCc1cc(CN(C)Cc2cccc(C)c2)oc1C. The van der Waals surface area contributed by atoms with Crippen molar-refractivity contribution >= 4 is 0 Å². The van der Waals surface area contributed by atoms with E-state index in [9.17, 15) is 0 Å². The predicted molar refractivity (Wildman–Crippen MR) is 82.6 cm³/mol. The Hall–Kier alpha value is -1.58. The minimum Gasteiger partial charge on any atom is -0.465 e. The Kier molecular flexibility index (Phi) is 4.99. The van der Waals surface area contributed by atoms with E-state index >= 15 is 0 Å². The van der Waals surface area contributed by atoms with Crippen molar-refractivity contribution in [3.05, 3.63) is 58.5 Å². The van der Waals surface area contributed by atoms with E-state index in [1.54, 1.807) is 0 Å². The number of benzene rings is 1. The molecule has 0 bridgehead atoms. The molecule has 1 N–H and O–H groups in total. The van der Waals surface area contributed by atoms with Gasteiger partial charge in [-0.2, -0.15) is 0 Å². The van der Waals surface area contributed by atoms with Crippen molar-refractivity contribution in [3.8, 4) is 0 Å². The van der Waals surface area contributed by atoms with Crippen molar-refractivity contribution in [2.45, 2.75) is 33.5 Å². The maximum Gasteiger partial charge on any atom is 0.118 e. The van der Waals surface area contributed by atoms with Crippen LogP contribution in [0.5, 0.6) is 0 Å². The zero-order valence-corrected chi connectivity index (χ0v) is 12.9. The van der Waals surface area contributed by atoms with Crippen LogP contribution in [-0.2, 0) is 19.6 Å². The van der Waals surface area contributed by atoms with Gasteiger partial charge in [0.2, 0.25) is 0 Å². The highest BCUT2D eigenvalue weighted by Crippen LogP contribution is 2.17. The normalized spacial score (nSPS) is 11.2. The van der Waals surface area contributed by atoms with Gasteiger partial charge in [-0.15, -0.1) is 0 Å². The smallest absolute Gasteiger partial charge is 0.118 e. The molecule has 0 atom stereocenters. The van der Waals surface area contributed by atoms with E-state index in [0.717, 1.165) is 31.2 Å². The van der Waals surface area contributed by atoms with Crippen LogP contribution in [0.25, 0.3) is 0 Å². The van der Waals surface area contributed by atoms with Gasteiger partial charge in [-0.25, -0.2) is 0 Å². The lowest BCUT2D eigenvalue weighted by atomic mass is 10.1. The molecule has 0 fully saturated rings. The third-order valence-corrected chi connectivity index (χ3v) is 3.40. The first kappa shape index (κ1) is 14.8. The fourth-order valence-corrected chi connectivity index (χ4v) is 2.48. The minimum atomic E-state index is 0.832. The van der Waals surface area contributed by atoms with Crippen molar-refractivity contribution in [1.29, 1.82) is 0 Å². The zero-order valence-electron chi connectivity index (χ0n) is 12.9. The van der Waals surface area contributed by atoms with Gasteiger partial charge in [0.25, 0.3) is 0 Å². The van der Waals surface area contributed by atoms with Crippen LogP contribution in [-0.4, -0.2) is 19.0 Å². The van der Waals surface area contributed by atoms with Gasteiger partial charge in [0.05, 0.1) is 6.54 Å². The van der Waals surface area contributed by atoms with Crippen LogP contribution < -0.4 is 5.32 Å². The molecule has 3 nitrogen and oxygen atoms in total. The first-order valence-corrected chi connectivity index (χ1v) is 7.05. The second-order valence-corrected chi connectivity index (χ2v) is 5.49. The molecule has 0 saturated heterocycles. The summed E-state index contributed by atoms with van der Waals surface area (Å²) in [7, 11) is 4.08. The van der Waals surface area contributed by atoms with Crippen molar-refractivity contribution in [2.75, 3.05) is 14.1 Å². The molecular formula is C17H24N2O. The summed E-state index contributed by atoms with van der Waals surface area (Å²) in [6.07, 6.45) is 0. The van der Waals surface area contributed by atoms with Crippen LogP contribution in [0.4, 0.5) is 0 Å². The van der Waals surface area contributed by atoms with Crippen LogP contribution >= 0.6 is 0 Å². The van der Waals surface area contributed by atoms with Crippen molar-refractivity contribution < 1.29 is 4.42 Å². The van der Waals surface area contributed by atoms with Crippen LogP contribution in [0.15, 0.2) is 34.7 Å². The molecule has 2 aromatic rings. The number of rotatable bonds is 6. The highest BCUT2D eigenvalue weighted by atomic mass is 16.3. The van der Waals surface area contributed by atoms with E-state index in [4.69, 9.17) is 4.42 Å². The Bertz CT molecular complexity index is 560. The minimum absolute atomic E-state index is 0.832. The molecule has 0 aliphatic carbocycles. The quantitative estimate of drug-likeness (QED) is 0.875. The first-order chi connectivity index (χ1) is 9.58. The molecule has 0 amide bonds. The summed E-state index contributed by atoms with van der Waals surface area (Å²) < 4.78 is 5.82. The summed E-state index contributed by atoms with van der Waals surface area (Å²) >= 11 is 0. The lowest BCUT2D eigenvalue weighted by molar-refractivity contribution is 0.285. The summed E-state index contributed by atoms with van der Waals surface area (Å²) in [6.45, 7) is 6.78. The number of hydrogen-bond acceptors (Lipinski definition) is 3. The molecule has 20 heavy (non-hydrogen) atoms. The summed E-state index contributed by atoms with van der Waals surface area (Å²) in [5, 5.41) is 3.16. The molecule has 1 aromatic heterocycles. The monoisotopic (exact) mass is 272 g/mol. The average Bonchev–Trinajstić information content (AvgIpc) is 2.70. The Morgan fingerprint density at radius 1 is 1.15 bits per heavy atom. The lowest BCUT2D eigenvalue weighted by Crippen LogP contribution is -2.16. The van der Waals surface area contributed by atoms with Crippen molar-refractivity contribution in [2.24, 2.45) is 0 Å². The van der Waals surface area contributed by atoms with E-state index in [1.807, 2.05) is 14.0 Å². The van der Waals surface area contributed by atoms with E-state index < -0.39 is 0 Å². The second kappa shape index (κ2) is 6.73. The van der Waals surface area contributed by atoms with Gasteiger partial charge in [-0.05, 0) is 39.6 Å². The predicted octanol–water partition coefficient (Wildman–Crippen LogP) is 3.25. The highest BCUT2D eigenvalue weighted by Gasteiger charge is 2.09. The topological polar surface area (TPSA) is 28.4 Å². The molecule has 1 heterocycles. The van der Waals surface area contributed by atoms with Crippen LogP contribution in [0.3, 0.4) is 0 Å². The fourth-order valence-electron chi connectivity index (χ4n) is 2.48. The number of furan rings is 1. The Balaban J connectivity index is 1.97.